The van der Waals surface area contributed by atoms with Crippen LogP contribution in [-0.2, 0) is 30.1 Å². The summed E-state index contributed by atoms with van der Waals surface area (Å²) in [6.45, 7) is 1.83. The highest BCUT2D eigenvalue weighted by atomic mass is 32.2. The lowest BCUT2D eigenvalue weighted by molar-refractivity contribution is -0.136. The molecular weight excluding hydrogens is 418 g/mol. The summed E-state index contributed by atoms with van der Waals surface area (Å²) in [5.41, 5.74) is 2.05. The first kappa shape index (κ1) is 21.7. The highest BCUT2D eigenvalue weighted by molar-refractivity contribution is 7.88. The molecule has 1 aliphatic rings. The van der Waals surface area contributed by atoms with Crippen molar-refractivity contribution in [1.29, 1.82) is 0 Å². The highest BCUT2D eigenvalue weighted by Gasteiger charge is 2.26. The number of rotatable bonds is 8. The SMILES string of the molecule is O=C(NO)[C@@H](CCC(=O)N1CCOCC1)NS(=O)(=O)Cc1ccc2sccc2c1. The van der Waals surface area contributed by atoms with E-state index < -0.39 is 22.0 Å². The smallest absolute Gasteiger partial charge is 0.261 e. The van der Waals surface area contributed by atoms with Crippen LogP contribution in [0.5, 0.6) is 0 Å². The molecule has 1 fully saturated rings. The molecule has 1 atom stereocenters. The van der Waals surface area contributed by atoms with Crippen LogP contribution in [0, 0.1) is 0 Å². The van der Waals surface area contributed by atoms with Gasteiger partial charge >= 0.3 is 0 Å². The maximum atomic E-state index is 12.6. The van der Waals surface area contributed by atoms with Gasteiger partial charge in [-0.05, 0) is 40.9 Å². The van der Waals surface area contributed by atoms with Gasteiger partial charge in [0, 0.05) is 24.2 Å². The molecule has 2 amide bonds. The number of sulfonamides is 1. The number of carbonyl (C=O) groups excluding carboxylic acids is 2. The van der Waals surface area contributed by atoms with Crippen LogP contribution in [0.3, 0.4) is 0 Å². The van der Waals surface area contributed by atoms with Crippen LogP contribution in [-0.4, -0.2) is 62.7 Å². The number of carbonyl (C=O) groups is 2. The standard InChI is InChI=1S/C18H23N3O6S2/c22-17(21-6-8-27-9-7-21)4-2-15(18(23)19-24)20-29(25,26)12-13-1-3-16-14(11-13)5-10-28-16/h1,3,5,10-11,15,20,24H,2,4,6-9,12H2,(H,19,23)/t15-/m1/s1. The molecule has 0 unspecified atom stereocenters. The summed E-state index contributed by atoms with van der Waals surface area (Å²) >= 11 is 1.56. The van der Waals surface area contributed by atoms with E-state index in [-0.39, 0.29) is 24.5 Å². The molecule has 3 rings (SSSR count). The van der Waals surface area contributed by atoms with E-state index >= 15 is 0 Å². The molecule has 0 aliphatic carbocycles. The second kappa shape index (κ2) is 9.63. The Bertz CT molecular complexity index is 969. The van der Waals surface area contributed by atoms with Crippen molar-refractivity contribution in [3.05, 3.63) is 35.2 Å². The van der Waals surface area contributed by atoms with Crippen LogP contribution in [0.15, 0.2) is 29.6 Å². The summed E-state index contributed by atoms with van der Waals surface area (Å²) in [5, 5.41) is 11.8. The first-order chi connectivity index (χ1) is 13.9. The Hall–Kier alpha value is -2.05. The van der Waals surface area contributed by atoms with E-state index in [9.17, 15) is 18.0 Å². The van der Waals surface area contributed by atoms with Crippen molar-refractivity contribution >= 4 is 43.3 Å². The van der Waals surface area contributed by atoms with Crippen LogP contribution in [0.1, 0.15) is 18.4 Å². The van der Waals surface area contributed by atoms with Crippen LogP contribution in [0.2, 0.25) is 0 Å². The molecular formula is C18H23N3O6S2. The Morgan fingerprint density at radius 1 is 1.24 bits per heavy atom. The van der Waals surface area contributed by atoms with Gasteiger partial charge in [0.2, 0.25) is 15.9 Å². The van der Waals surface area contributed by atoms with Gasteiger partial charge in [0.25, 0.3) is 5.91 Å². The first-order valence-electron chi connectivity index (χ1n) is 9.13. The van der Waals surface area contributed by atoms with Crippen LogP contribution >= 0.6 is 11.3 Å². The fraction of sp³-hybridized carbons (Fsp3) is 0.444. The van der Waals surface area contributed by atoms with E-state index in [0.717, 1.165) is 10.1 Å². The molecule has 0 spiro atoms. The normalized spacial score (nSPS) is 16.0. The summed E-state index contributed by atoms with van der Waals surface area (Å²) in [6, 6.07) is 6.02. The Kier molecular flexibility index (Phi) is 7.19. The average molecular weight is 442 g/mol. The van der Waals surface area contributed by atoms with Crippen molar-refractivity contribution in [2.45, 2.75) is 24.6 Å². The fourth-order valence-corrected chi connectivity index (χ4v) is 5.27. The zero-order chi connectivity index (χ0) is 20.9. The number of amides is 2. The predicted octanol–water partition coefficient (Wildman–Crippen LogP) is 0.834. The summed E-state index contributed by atoms with van der Waals surface area (Å²) in [4.78, 5) is 25.8. The van der Waals surface area contributed by atoms with Gasteiger partial charge in [0.1, 0.15) is 6.04 Å². The molecule has 158 valence electrons. The number of hydrogen-bond acceptors (Lipinski definition) is 7. The van der Waals surface area contributed by atoms with Gasteiger partial charge in [0.15, 0.2) is 0 Å². The van der Waals surface area contributed by atoms with Gasteiger partial charge < -0.3 is 9.64 Å². The molecule has 1 aliphatic heterocycles. The van der Waals surface area contributed by atoms with Gasteiger partial charge in [-0.15, -0.1) is 11.3 Å². The van der Waals surface area contributed by atoms with Crippen LogP contribution in [0.25, 0.3) is 10.1 Å². The molecule has 1 aromatic heterocycles. The average Bonchev–Trinajstić information content (AvgIpc) is 3.18. The maximum Gasteiger partial charge on any atom is 0.261 e. The molecule has 3 N–H and O–H groups in total. The van der Waals surface area contributed by atoms with Gasteiger partial charge in [-0.3, -0.25) is 14.8 Å². The van der Waals surface area contributed by atoms with Crippen LogP contribution in [0.4, 0.5) is 0 Å². The summed E-state index contributed by atoms with van der Waals surface area (Å²) in [6.07, 6.45) is -0.0904. The lowest BCUT2D eigenvalue weighted by Crippen LogP contribution is -2.47. The molecule has 1 aromatic carbocycles. The Labute approximate surface area is 172 Å². The van der Waals surface area contributed by atoms with Crippen molar-refractivity contribution in [1.82, 2.24) is 15.1 Å². The zero-order valence-electron chi connectivity index (χ0n) is 15.7. The molecule has 29 heavy (non-hydrogen) atoms. The first-order valence-corrected chi connectivity index (χ1v) is 11.7. The van der Waals surface area contributed by atoms with Crippen LogP contribution < -0.4 is 10.2 Å². The number of hydrogen-bond donors (Lipinski definition) is 3. The largest absolute Gasteiger partial charge is 0.378 e. The van der Waals surface area contributed by atoms with Crippen molar-refractivity contribution < 1.29 is 28.0 Å². The topological polar surface area (TPSA) is 125 Å². The lowest BCUT2D eigenvalue weighted by Gasteiger charge is -2.27. The summed E-state index contributed by atoms with van der Waals surface area (Å²) in [7, 11) is -3.88. The number of hydroxylamine groups is 1. The number of benzene rings is 1. The Morgan fingerprint density at radius 3 is 2.72 bits per heavy atom. The van der Waals surface area contributed by atoms with Gasteiger partial charge in [-0.25, -0.2) is 18.6 Å². The van der Waals surface area contributed by atoms with Crippen molar-refractivity contribution in [3.8, 4) is 0 Å². The molecule has 0 saturated carbocycles. The number of nitrogens with zero attached hydrogens (tertiary/aromatic N) is 1. The Morgan fingerprint density at radius 2 is 2.00 bits per heavy atom. The molecule has 0 bridgehead atoms. The number of morpholine rings is 1. The number of nitrogens with one attached hydrogen (secondary N) is 2. The minimum atomic E-state index is -3.88. The number of fused-ring (bicyclic) bond motifs is 1. The zero-order valence-corrected chi connectivity index (χ0v) is 17.3. The molecule has 0 radical (unpaired) electrons. The van der Waals surface area contributed by atoms with Crippen molar-refractivity contribution in [2.24, 2.45) is 0 Å². The Balaban J connectivity index is 1.63. The fourth-order valence-electron chi connectivity index (χ4n) is 3.14. The maximum absolute atomic E-state index is 12.6. The highest BCUT2D eigenvalue weighted by Crippen LogP contribution is 2.22. The van der Waals surface area contributed by atoms with E-state index in [4.69, 9.17) is 9.94 Å². The van der Waals surface area contributed by atoms with E-state index in [2.05, 4.69) is 4.72 Å². The van der Waals surface area contributed by atoms with E-state index in [1.807, 2.05) is 17.5 Å². The monoisotopic (exact) mass is 441 g/mol. The van der Waals surface area contributed by atoms with Gasteiger partial charge in [-0.2, -0.15) is 0 Å². The predicted molar refractivity (Wildman–Crippen MR) is 108 cm³/mol. The van der Waals surface area contributed by atoms with Crippen molar-refractivity contribution in [3.63, 3.8) is 0 Å². The number of ether oxygens (including phenoxy) is 1. The molecule has 9 nitrogen and oxygen atoms in total. The minimum absolute atomic E-state index is 0.0263. The molecule has 2 aromatic rings. The third-order valence-electron chi connectivity index (χ3n) is 4.63. The van der Waals surface area contributed by atoms with E-state index in [1.54, 1.807) is 28.4 Å². The lowest BCUT2D eigenvalue weighted by atomic mass is 10.1. The second-order valence-electron chi connectivity index (χ2n) is 6.73. The summed E-state index contributed by atoms with van der Waals surface area (Å²) < 4.78 is 33.7. The number of thiophene rings is 1. The van der Waals surface area contributed by atoms with Gasteiger partial charge in [0.05, 0.1) is 19.0 Å². The van der Waals surface area contributed by atoms with Crippen molar-refractivity contribution in [2.75, 3.05) is 26.3 Å². The molecule has 11 heteroatoms. The van der Waals surface area contributed by atoms with Gasteiger partial charge in [-0.1, -0.05) is 6.07 Å². The second-order valence-corrected chi connectivity index (χ2v) is 9.43. The third kappa shape index (κ3) is 5.97. The third-order valence-corrected chi connectivity index (χ3v) is 6.89. The molecule has 2 heterocycles. The minimum Gasteiger partial charge on any atom is -0.378 e. The summed E-state index contributed by atoms with van der Waals surface area (Å²) in [5.74, 6) is -1.41. The molecule has 1 saturated heterocycles. The quantitative estimate of drug-likeness (QED) is 0.412. The van der Waals surface area contributed by atoms with E-state index in [0.29, 0.717) is 31.9 Å². The van der Waals surface area contributed by atoms with E-state index in [1.165, 1.54) is 5.48 Å².